The zero-order valence-electron chi connectivity index (χ0n) is 28.4. The maximum atomic E-state index is 13.7. The molecule has 13 heteroatoms. The monoisotopic (exact) mass is 744 g/mol. The molecule has 0 radical (unpaired) electrons. The van der Waals surface area contributed by atoms with Gasteiger partial charge in [0.2, 0.25) is 15.9 Å². The fraction of sp³-hybridized carbons (Fsp3) is 0.289. The van der Waals surface area contributed by atoms with E-state index in [9.17, 15) is 18.3 Å². The van der Waals surface area contributed by atoms with E-state index in [1.165, 1.54) is 12.1 Å². The molecule has 1 saturated heterocycles. The van der Waals surface area contributed by atoms with Crippen LogP contribution < -0.4 is 10.0 Å². The molecule has 1 aliphatic rings. The van der Waals surface area contributed by atoms with E-state index in [0.717, 1.165) is 37.2 Å². The van der Waals surface area contributed by atoms with Gasteiger partial charge < -0.3 is 19.9 Å². The number of benzene rings is 4. The van der Waals surface area contributed by atoms with Crippen molar-refractivity contribution in [3.63, 3.8) is 0 Å². The molecule has 3 N–H and O–H groups in total. The molecule has 0 saturated carbocycles. The van der Waals surface area contributed by atoms with Crippen molar-refractivity contribution >= 4 is 44.7 Å². The Morgan fingerprint density at radius 2 is 1.57 bits per heavy atom. The quantitative estimate of drug-likeness (QED) is 0.112. The molecule has 0 unspecified atom stereocenters. The van der Waals surface area contributed by atoms with Gasteiger partial charge in [0, 0.05) is 22.9 Å². The summed E-state index contributed by atoms with van der Waals surface area (Å²) < 4.78 is 43.3. The SMILES string of the molecule is Cc1ccc(S(=O)(=O)N[C@H](Cc2ccccc2)C(=O)Nc2ccc([C@H]3O[C@@H](CSc4nnc(C)s4)[C@@H](C)[C@@H](c4ccc(CO)cc4)O3)cc2)cc1. The predicted octanol–water partition coefficient (Wildman–Crippen LogP) is 6.76. The van der Waals surface area contributed by atoms with E-state index in [-0.39, 0.29) is 36.0 Å². The molecule has 6 rings (SSSR count). The molecule has 10 nitrogen and oxygen atoms in total. The van der Waals surface area contributed by atoms with Gasteiger partial charge in [-0.3, -0.25) is 4.79 Å². The fourth-order valence-electron chi connectivity index (χ4n) is 5.76. The summed E-state index contributed by atoms with van der Waals surface area (Å²) in [6.07, 6.45) is -0.991. The first-order chi connectivity index (χ1) is 24.6. The van der Waals surface area contributed by atoms with Crippen molar-refractivity contribution < 1.29 is 27.8 Å². The molecule has 0 spiro atoms. The van der Waals surface area contributed by atoms with Crippen LogP contribution in [-0.2, 0) is 37.3 Å². The van der Waals surface area contributed by atoms with Crippen molar-refractivity contribution in [2.75, 3.05) is 11.1 Å². The Bertz CT molecular complexity index is 2010. The lowest BCUT2D eigenvalue weighted by Crippen LogP contribution is -2.45. The number of carbonyl (C=O) groups excluding carboxylic acids is 1. The number of ether oxygens (including phenoxy) is 2. The molecule has 5 atom stereocenters. The van der Waals surface area contributed by atoms with E-state index < -0.39 is 28.3 Å². The van der Waals surface area contributed by atoms with E-state index in [1.54, 1.807) is 47.4 Å². The second-order valence-electron chi connectivity index (χ2n) is 12.5. The van der Waals surface area contributed by atoms with Crippen molar-refractivity contribution in [3.05, 3.63) is 136 Å². The van der Waals surface area contributed by atoms with E-state index in [1.807, 2.05) is 80.6 Å². The van der Waals surface area contributed by atoms with Crippen LogP contribution in [0.3, 0.4) is 0 Å². The topological polar surface area (TPSA) is 140 Å². The lowest BCUT2D eigenvalue weighted by atomic mass is 9.91. The number of nitrogens with one attached hydrogen (secondary N) is 2. The smallest absolute Gasteiger partial charge is 0.242 e. The van der Waals surface area contributed by atoms with Gasteiger partial charge in [-0.2, -0.15) is 4.72 Å². The minimum Gasteiger partial charge on any atom is -0.392 e. The van der Waals surface area contributed by atoms with Crippen molar-refractivity contribution in [1.29, 1.82) is 0 Å². The van der Waals surface area contributed by atoms with E-state index in [4.69, 9.17) is 9.47 Å². The molecule has 4 aromatic carbocycles. The lowest BCUT2D eigenvalue weighted by Gasteiger charge is -2.41. The number of hydrogen-bond donors (Lipinski definition) is 3. The third-order valence-corrected chi connectivity index (χ3v) is 12.2. The molecule has 5 aromatic rings. The first kappa shape index (κ1) is 36.8. The number of aryl methyl sites for hydroxylation is 2. The molecule has 1 aliphatic heterocycles. The Kier molecular flexibility index (Phi) is 12.0. The van der Waals surface area contributed by atoms with Gasteiger partial charge in [0.15, 0.2) is 10.6 Å². The first-order valence-corrected chi connectivity index (χ1v) is 19.8. The fourth-order valence-corrected chi connectivity index (χ4v) is 8.96. The molecular formula is C38H40N4O6S3. The minimum atomic E-state index is -3.98. The van der Waals surface area contributed by atoms with Gasteiger partial charge in [0.05, 0.1) is 23.7 Å². The molecule has 1 fully saturated rings. The molecule has 2 heterocycles. The van der Waals surface area contributed by atoms with Gasteiger partial charge in [-0.05, 0) is 61.2 Å². The number of anilines is 1. The summed E-state index contributed by atoms with van der Waals surface area (Å²) in [4.78, 5) is 13.8. The van der Waals surface area contributed by atoms with Crippen LogP contribution in [0.15, 0.2) is 112 Å². The van der Waals surface area contributed by atoms with Gasteiger partial charge in [-0.15, -0.1) is 10.2 Å². The summed E-state index contributed by atoms with van der Waals surface area (Å²) in [5, 5.41) is 21.7. The highest BCUT2D eigenvalue weighted by atomic mass is 32.2. The molecule has 0 aliphatic carbocycles. The molecular weight excluding hydrogens is 705 g/mol. The molecule has 0 bridgehead atoms. The predicted molar refractivity (Wildman–Crippen MR) is 199 cm³/mol. The minimum absolute atomic E-state index is 0.00606. The molecule has 51 heavy (non-hydrogen) atoms. The Labute approximate surface area is 306 Å². The van der Waals surface area contributed by atoms with Crippen LogP contribution in [0.25, 0.3) is 0 Å². The maximum absolute atomic E-state index is 13.7. The summed E-state index contributed by atoms with van der Waals surface area (Å²) in [6.45, 7) is 5.87. The van der Waals surface area contributed by atoms with Gasteiger partial charge in [0.25, 0.3) is 0 Å². The maximum Gasteiger partial charge on any atom is 0.242 e. The lowest BCUT2D eigenvalue weighted by molar-refractivity contribution is -0.268. The summed E-state index contributed by atoms with van der Waals surface area (Å²) >= 11 is 3.15. The zero-order valence-corrected chi connectivity index (χ0v) is 30.9. The van der Waals surface area contributed by atoms with Crippen LogP contribution in [-0.4, -0.2) is 47.5 Å². The number of hydrogen-bond acceptors (Lipinski definition) is 10. The Morgan fingerprint density at radius 1 is 0.882 bits per heavy atom. The van der Waals surface area contributed by atoms with E-state index in [0.29, 0.717) is 11.4 Å². The summed E-state index contributed by atoms with van der Waals surface area (Å²) in [5.74, 6) is 0.166. The van der Waals surface area contributed by atoms with Crippen molar-refractivity contribution in [3.8, 4) is 0 Å². The number of aliphatic hydroxyl groups excluding tert-OH is 1. The van der Waals surface area contributed by atoms with E-state index in [2.05, 4.69) is 27.2 Å². The van der Waals surface area contributed by atoms with Gasteiger partial charge in [-0.1, -0.05) is 114 Å². The highest BCUT2D eigenvalue weighted by Crippen LogP contribution is 2.43. The summed E-state index contributed by atoms with van der Waals surface area (Å²) in [7, 11) is -3.98. The van der Waals surface area contributed by atoms with Gasteiger partial charge >= 0.3 is 0 Å². The third kappa shape index (κ3) is 9.49. The molecule has 1 amide bonds. The van der Waals surface area contributed by atoms with Crippen molar-refractivity contribution in [2.45, 2.75) is 67.6 Å². The summed E-state index contributed by atoms with van der Waals surface area (Å²) in [5.41, 5.74) is 4.81. The van der Waals surface area contributed by atoms with Crippen molar-refractivity contribution in [1.82, 2.24) is 14.9 Å². The van der Waals surface area contributed by atoms with Crippen LogP contribution in [0, 0.1) is 19.8 Å². The number of thioether (sulfide) groups is 1. The zero-order chi connectivity index (χ0) is 36.0. The van der Waals surface area contributed by atoms with Crippen LogP contribution in [0.4, 0.5) is 5.69 Å². The molecule has 1 aromatic heterocycles. The van der Waals surface area contributed by atoms with Gasteiger partial charge in [-0.25, -0.2) is 8.42 Å². The average molecular weight is 745 g/mol. The second kappa shape index (κ2) is 16.6. The standard InChI is InChI=1S/C38H40N4O6S3/c1-24-9-19-32(20-10-24)51(45,46)42-33(21-27-7-5-4-6-8-27)36(44)39-31-17-15-30(16-18-31)37-47-34(23-49-38-41-40-26(3)50-38)25(2)35(48-37)29-13-11-28(22-43)12-14-29/h4-20,25,33-35,37,42-43H,21-23H2,1-3H3,(H,39,44)/t25-,33-,34+,35+,37+/m1/s1. The number of aromatic nitrogens is 2. The number of amides is 1. The normalized spacial score (nSPS) is 19.8. The summed E-state index contributed by atoms with van der Waals surface area (Å²) in [6, 6.07) is 29.6. The number of rotatable bonds is 13. The molecule has 266 valence electrons. The third-order valence-electron chi connectivity index (χ3n) is 8.68. The van der Waals surface area contributed by atoms with E-state index >= 15 is 0 Å². The Morgan fingerprint density at radius 3 is 2.22 bits per heavy atom. The largest absolute Gasteiger partial charge is 0.392 e. The average Bonchev–Trinajstić information content (AvgIpc) is 3.56. The van der Waals surface area contributed by atoms with Crippen LogP contribution in [0.5, 0.6) is 0 Å². The Balaban J connectivity index is 1.19. The van der Waals surface area contributed by atoms with Crippen LogP contribution >= 0.6 is 23.1 Å². The Hall–Kier alpha value is -3.95. The highest BCUT2D eigenvalue weighted by molar-refractivity contribution is 8.01. The highest BCUT2D eigenvalue weighted by Gasteiger charge is 2.38. The van der Waals surface area contributed by atoms with Crippen LogP contribution in [0.2, 0.25) is 0 Å². The van der Waals surface area contributed by atoms with Crippen molar-refractivity contribution in [2.24, 2.45) is 5.92 Å². The number of aliphatic hydroxyl groups is 1. The number of carbonyl (C=O) groups is 1. The van der Waals surface area contributed by atoms with Gasteiger partial charge in [0.1, 0.15) is 11.0 Å². The number of sulfonamides is 1. The second-order valence-corrected chi connectivity index (χ2v) is 16.7. The van der Waals surface area contributed by atoms with Crippen LogP contribution in [0.1, 0.15) is 52.1 Å². The first-order valence-electron chi connectivity index (χ1n) is 16.6. The number of nitrogens with zero attached hydrogens (tertiary/aromatic N) is 2.